The third-order valence-corrected chi connectivity index (χ3v) is 24.6. The SMILES string of the molecule is c1ccc(N(c2ccccc2)c2cc3c4c(c2)N(c2cccc5sc6ccccc6c25)c2ccccc2B4c2cc4c(cc2N3c2ccccc2)N(c2cccc3sc5ccccc5c23)c2cc(N(c3ccccc3)c3cccc5sc6ccccc6c35)cc3c2B4c2ccccc2O3)cc1. The summed E-state index contributed by atoms with van der Waals surface area (Å²) >= 11 is 5.58. The Kier molecular flexibility index (Phi) is 12.5. The van der Waals surface area contributed by atoms with Gasteiger partial charge in [0.1, 0.15) is 11.5 Å². The summed E-state index contributed by atoms with van der Waals surface area (Å²) < 4.78 is 15.1. The molecule has 3 aromatic heterocycles. The lowest BCUT2D eigenvalue weighted by Gasteiger charge is -2.47. The van der Waals surface area contributed by atoms with Crippen LogP contribution in [0.25, 0.3) is 60.5 Å². The van der Waals surface area contributed by atoms with Gasteiger partial charge in [-0.2, -0.15) is 0 Å². The number of anilines is 15. The molecule has 0 aliphatic carbocycles. The van der Waals surface area contributed by atoms with E-state index in [-0.39, 0.29) is 13.4 Å². The number of rotatable bonds is 9. The molecule has 4 aliphatic rings. The van der Waals surface area contributed by atoms with Gasteiger partial charge in [-0.3, -0.25) is 0 Å². The van der Waals surface area contributed by atoms with E-state index in [1.54, 1.807) is 0 Å². The minimum atomic E-state index is -0.234. The number of nitrogens with zero attached hydrogens (tertiary/aromatic N) is 5. The lowest BCUT2D eigenvalue weighted by Crippen LogP contribution is -2.64. The first-order valence-corrected chi connectivity index (χ1v) is 36.9. The Bertz CT molecular complexity index is 6420. The van der Waals surface area contributed by atoms with E-state index in [1.807, 2.05) is 34.0 Å². The molecule has 0 fully saturated rings. The summed E-state index contributed by atoms with van der Waals surface area (Å²) in [6.07, 6.45) is 0. The molecule has 0 saturated carbocycles. The highest BCUT2D eigenvalue weighted by molar-refractivity contribution is 7.26. The first kappa shape index (κ1) is 56.9. The molecular formula is C90H55B2N5OS3. The zero-order valence-electron chi connectivity index (χ0n) is 54.3. The molecule has 0 radical (unpaired) electrons. The summed E-state index contributed by atoms with van der Waals surface area (Å²) in [6, 6.07) is 124. The van der Waals surface area contributed by atoms with Crippen molar-refractivity contribution in [2.75, 3.05) is 24.5 Å². The van der Waals surface area contributed by atoms with Crippen molar-refractivity contribution in [3.05, 3.63) is 334 Å². The quantitative estimate of drug-likeness (QED) is 0.134. The zero-order chi connectivity index (χ0) is 66.0. The molecule has 11 heteroatoms. The molecular weight excluding hydrogens is 1280 g/mol. The number of para-hydroxylation sites is 6. The topological polar surface area (TPSA) is 25.4 Å². The maximum Gasteiger partial charge on any atom is 0.256 e. The largest absolute Gasteiger partial charge is 0.458 e. The van der Waals surface area contributed by atoms with Crippen LogP contribution in [-0.2, 0) is 0 Å². The molecule has 7 heterocycles. The van der Waals surface area contributed by atoms with Crippen molar-refractivity contribution in [1.29, 1.82) is 0 Å². The van der Waals surface area contributed by atoms with Crippen LogP contribution in [0.4, 0.5) is 85.3 Å². The molecule has 0 bridgehead atoms. The Hall–Kier alpha value is -12.1. The van der Waals surface area contributed by atoms with E-state index in [4.69, 9.17) is 4.74 Å². The molecule has 15 aromatic carbocycles. The highest BCUT2D eigenvalue weighted by atomic mass is 32.1. The zero-order valence-corrected chi connectivity index (χ0v) is 56.7. The molecule has 0 saturated heterocycles. The minimum Gasteiger partial charge on any atom is -0.458 e. The molecule has 18 aromatic rings. The van der Waals surface area contributed by atoms with Crippen LogP contribution in [0.3, 0.4) is 0 Å². The van der Waals surface area contributed by atoms with Crippen LogP contribution in [0.15, 0.2) is 334 Å². The molecule has 6 nitrogen and oxygen atoms in total. The second-order valence-electron chi connectivity index (χ2n) is 26.6. The van der Waals surface area contributed by atoms with Crippen LogP contribution < -0.4 is 62.0 Å². The molecule has 101 heavy (non-hydrogen) atoms. The van der Waals surface area contributed by atoms with Gasteiger partial charge in [-0.15, -0.1) is 34.0 Å². The Morgan fingerprint density at radius 2 is 0.663 bits per heavy atom. The Morgan fingerprint density at radius 3 is 1.27 bits per heavy atom. The van der Waals surface area contributed by atoms with Crippen molar-refractivity contribution in [3.8, 4) is 11.5 Å². The maximum absolute atomic E-state index is 7.55. The van der Waals surface area contributed by atoms with Gasteiger partial charge in [-0.05, 0) is 172 Å². The van der Waals surface area contributed by atoms with E-state index in [0.717, 1.165) is 108 Å². The van der Waals surface area contributed by atoms with E-state index in [9.17, 15) is 0 Å². The molecule has 0 unspecified atom stereocenters. The van der Waals surface area contributed by atoms with E-state index in [0.29, 0.717) is 0 Å². The summed E-state index contributed by atoms with van der Waals surface area (Å²) in [7, 11) is 0. The number of fused-ring (bicyclic) bond motifs is 17. The molecule has 0 spiro atoms. The first-order chi connectivity index (χ1) is 50.1. The van der Waals surface area contributed by atoms with E-state index in [2.05, 4.69) is 358 Å². The maximum atomic E-state index is 7.55. The monoisotopic (exact) mass is 1340 g/mol. The van der Waals surface area contributed by atoms with Crippen molar-refractivity contribution in [3.63, 3.8) is 0 Å². The lowest BCUT2D eigenvalue weighted by atomic mass is 9.30. The summed E-state index contributed by atoms with van der Waals surface area (Å²) in [5, 5.41) is 7.42. The van der Waals surface area contributed by atoms with E-state index >= 15 is 0 Å². The molecule has 0 amide bonds. The fourth-order valence-electron chi connectivity index (χ4n) is 17.2. The van der Waals surface area contributed by atoms with Gasteiger partial charge < -0.3 is 29.2 Å². The predicted molar refractivity (Wildman–Crippen MR) is 434 cm³/mol. The first-order valence-electron chi connectivity index (χ1n) is 34.4. The van der Waals surface area contributed by atoms with Gasteiger partial charge in [-0.25, -0.2) is 0 Å². The van der Waals surface area contributed by atoms with Crippen molar-refractivity contribution < 1.29 is 4.74 Å². The molecule has 0 atom stereocenters. The van der Waals surface area contributed by atoms with Crippen molar-refractivity contribution >= 4 is 226 Å². The van der Waals surface area contributed by atoms with Crippen LogP contribution >= 0.6 is 34.0 Å². The Balaban J connectivity index is 0.869. The van der Waals surface area contributed by atoms with Gasteiger partial charge in [0, 0.05) is 123 Å². The summed E-state index contributed by atoms with van der Waals surface area (Å²) in [5.41, 5.74) is 23.6. The van der Waals surface area contributed by atoms with Crippen molar-refractivity contribution in [1.82, 2.24) is 0 Å². The second kappa shape index (κ2) is 22.2. The Morgan fingerprint density at radius 1 is 0.248 bits per heavy atom. The highest BCUT2D eigenvalue weighted by Crippen LogP contribution is 2.55. The second-order valence-corrected chi connectivity index (χ2v) is 29.8. The van der Waals surface area contributed by atoms with Gasteiger partial charge in [0.05, 0.1) is 28.4 Å². The summed E-state index contributed by atoms with van der Waals surface area (Å²) in [4.78, 5) is 12.8. The van der Waals surface area contributed by atoms with Gasteiger partial charge in [0.25, 0.3) is 13.4 Å². The molecule has 22 rings (SSSR count). The normalized spacial score (nSPS) is 13.1. The number of benzene rings is 15. The van der Waals surface area contributed by atoms with Crippen LogP contribution in [-0.4, -0.2) is 13.4 Å². The third kappa shape index (κ3) is 8.46. The van der Waals surface area contributed by atoms with E-state index < -0.39 is 0 Å². The van der Waals surface area contributed by atoms with Crippen LogP contribution in [0.1, 0.15) is 0 Å². The standard InChI is InChI=1S/C90H55B2N5OS3/c1-5-26-56(27-6-1)93(57-28-7-2-8-29-57)60-50-75-89-76(51-60)96(71-41-24-48-84-87(71)63-35-14-21-45-81(63)100-84)69-39-18-16-37-65(69)91(89)67-54-68-74(55-73(67)95(75)59-32-11-4-12-33-59)97(72-42-25-49-85-88(72)64-36-15-22-46-82(64)101-85)77-52-61(53-79-90(77)92(68)66-38-17-19-43-78(66)98-79)94(58-30-9-3-10-31-58)70-40-23-47-83-86(70)62-34-13-20-44-80(62)99-83/h1-55H. The van der Waals surface area contributed by atoms with Crippen LogP contribution in [0, 0.1) is 0 Å². The highest BCUT2D eigenvalue weighted by Gasteiger charge is 2.49. The molecule has 470 valence electrons. The van der Waals surface area contributed by atoms with Crippen molar-refractivity contribution in [2.24, 2.45) is 0 Å². The number of hydrogen-bond acceptors (Lipinski definition) is 9. The molecule has 4 aliphatic heterocycles. The van der Waals surface area contributed by atoms with Crippen molar-refractivity contribution in [2.45, 2.75) is 0 Å². The summed E-state index contributed by atoms with van der Waals surface area (Å²) in [5.74, 6) is 1.69. The van der Waals surface area contributed by atoms with Gasteiger partial charge in [-0.1, -0.05) is 188 Å². The number of ether oxygens (including phenoxy) is 1. The van der Waals surface area contributed by atoms with E-state index in [1.165, 1.54) is 82.4 Å². The fourth-order valence-corrected chi connectivity index (χ4v) is 20.6. The average molecular weight is 1340 g/mol. The van der Waals surface area contributed by atoms with Gasteiger partial charge in [0.2, 0.25) is 0 Å². The van der Waals surface area contributed by atoms with Gasteiger partial charge in [0.15, 0.2) is 0 Å². The predicted octanol–water partition coefficient (Wildman–Crippen LogP) is 22.2. The average Bonchev–Trinajstić information content (AvgIpc) is 1.00. The fraction of sp³-hybridized carbons (Fsp3) is 0. The smallest absolute Gasteiger partial charge is 0.256 e. The van der Waals surface area contributed by atoms with Crippen LogP contribution in [0.5, 0.6) is 11.5 Å². The number of thiophene rings is 3. The number of hydrogen-bond donors (Lipinski definition) is 0. The minimum absolute atomic E-state index is 0.214. The lowest BCUT2D eigenvalue weighted by molar-refractivity contribution is 0.487. The van der Waals surface area contributed by atoms with Crippen LogP contribution in [0.2, 0.25) is 0 Å². The Labute approximate surface area is 596 Å². The summed E-state index contributed by atoms with van der Waals surface area (Å²) in [6.45, 7) is -0.449. The third-order valence-electron chi connectivity index (χ3n) is 21.2. The molecule has 0 N–H and O–H groups in total. The van der Waals surface area contributed by atoms with Gasteiger partial charge >= 0.3 is 0 Å².